The van der Waals surface area contributed by atoms with Crippen molar-refractivity contribution in [3.63, 3.8) is 0 Å². The largest absolute Gasteiger partial charge is 0.466 e. The van der Waals surface area contributed by atoms with Crippen LogP contribution in [0, 0.1) is 0 Å². The Morgan fingerprint density at radius 3 is 2.22 bits per heavy atom. The number of benzene rings is 2. The molecule has 0 fully saturated rings. The molecule has 37 heavy (non-hydrogen) atoms. The van der Waals surface area contributed by atoms with Crippen molar-refractivity contribution in [1.82, 2.24) is 0 Å². The van der Waals surface area contributed by atoms with Gasteiger partial charge in [-0.15, -0.1) is 0 Å². The zero-order valence-corrected chi connectivity index (χ0v) is 24.0. The number of carbonyl (C=O) groups excluding carboxylic acids is 1. The van der Waals surface area contributed by atoms with Gasteiger partial charge in [0.05, 0.1) is 6.61 Å². The van der Waals surface area contributed by atoms with Gasteiger partial charge in [-0.1, -0.05) is 66.3 Å². The molecule has 1 unspecified atom stereocenters. The number of ether oxygens (including phenoxy) is 1. The van der Waals surface area contributed by atoms with Gasteiger partial charge in [-0.3, -0.25) is 4.79 Å². The summed E-state index contributed by atoms with van der Waals surface area (Å²) >= 11 is 0. The van der Waals surface area contributed by atoms with Gasteiger partial charge in [0.2, 0.25) is 0 Å². The third kappa shape index (κ3) is 10.3. The monoisotopic (exact) mass is 521 g/mol. The van der Waals surface area contributed by atoms with Crippen molar-refractivity contribution in [2.45, 2.75) is 84.2 Å². The molecule has 6 heteroatoms. The molecule has 0 radical (unpaired) electrons. The van der Waals surface area contributed by atoms with Crippen LogP contribution < -0.4 is 5.32 Å². The summed E-state index contributed by atoms with van der Waals surface area (Å²) in [4.78, 5) is 12.3. The number of esters is 1. The van der Waals surface area contributed by atoms with E-state index in [9.17, 15) is 4.79 Å². The molecule has 5 nitrogen and oxygen atoms in total. The van der Waals surface area contributed by atoms with Gasteiger partial charge in [0.25, 0.3) is 0 Å². The Kier molecular flexibility index (Phi) is 11.2. The molecule has 2 aromatic carbocycles. The van der Waals surface area contributed by atoms with Crippen molar-refractivity contribution < 1.29 is 18.4 Å². The molecule has 2 aromatic rings. The number of rotatable bonds is 14. The van der Waals surface area contributed by atoms with Crippen molar-refractivity contribution in [3.8, 4) is 11.1 Å². The maximum atomic E-state index is 12.3. The van der Waals surface area contributed by atoms with Gasteiger partial charge in [0, 0.05) is 30.4 Å². The molecular weight excluding hydrogens is 478 g/mol. The minimum absolute atomic E-state index is 0.129. The van der Waals surface area contributed by atoms with Crippen molar-refractivity contribution in [2.24, 2.45) is 0 Å². The third-order valence-corrected chi connectivity index (χ3v) is 9.35. The molecular formula is C31H43NO4Si. The lowest BCUT2D eigenvalue weighted by Gasteiger charge is -2.31. The van der Waals surface area contributed by atoms with E-state index in [1.165, 1.54) is 16.7 Å². The average Bonchev–Trinajstić information content (AvgIpc) is 2.86. The zero-order chi connectivity index (χ0) is 26.7. The second-order valence-electron chi connectivity index (χ2n) is 10.4. The molecule has 1 atom stereocenters. The predicted molar refractivity (Wildman–Crippen MR) is 155 cm³/mol. The van der Waals surface area contributed by atoms with E-state index in [0.717, 1.165) is 24.6 Å². The van der Waals surface area contributed by atoms with E-state index < -0.39 is 8.56 Å². The van der Waals surface area contributed by atoms with Gasteiger partial charge < -0.3 is 18.9 Å². The average molecular weight is 522 g/mol. The SMILES string of the molecule is CC(C)O[Si](C)(CCCOC(=O)CCC1=CCC(Nc2ccc(-c3ccccc3)cc2)C=C1)OC(C)C. The van der Waals surface area contributed by atoms with Crippen LogP contribution in [-0.4, -0.2) is 39.4 Å². The van der Waals surface area contributed by atoms with E-state index in [4.69, 9.17) is 13.6 Å². The summed E-state index contributed by atoms with van der Waals surface area (Å²) in [5.74, 6) is -0.147. The second kappa shape index (κ2) is 14.3. The normalized spacial score (nSPS) is 15.6. The number of nitrogens with one attached hydrogen (secondary N) is 1. The first kappa shape index (κ1) is 28.9. The van der Waals surface area contributed by atoms with E-state index in [-0.39, 0.29) is 24.2 Å². The number of hydrogen-bond donors (Lipinski definition) is 1. The highest BCUT2D eigenvalue weighted by Crippen LogP contribution is 2.24. The molecule has 0 amide bonds. The summed E-state index contributed by atoms with van der Waals surface area (Å²) in [5, 5.41) is 3.57. The number of hydrogen-bond acceptors (Lipinski definition) is 5. The van der Waals surface area contributed by atoms with Crippen molar-refractivity contribution >= 4 is 20.2 Å². The van der Waals surface area contributed by atoms with Gasteiger partial charge in [-0.25, -0.2) is 0 Å². The molecule has 0 bridgehead atoms. The van der Waals surface area contributed by atoms with Gasteiger partial charge in [-0.2, -0.15) is 0 Å². The standard InChI is InChI=1S/C31H43NO4Si/c1-24(2)35-37(5,36-25(3)4)23-9-22-34-31(33)21-14-26-12-17-29(18-13-26)32-30-19-15-28(16-20-30)27-10-7-6-8-11-27/h6-8,10-13,15-17,19-20,24-25,29,32H,9,14,18,21-23H2,1-5H3. The van der Waals surface area contributed by atoms with Gasteiger partial charge in [0.1, 0.15) is 0 Å². The first-order valence-corrected chi connectivity index (χ1v) is 16.1. The van der Waals surface area contributed by atoms with Crippen LogP contribution in [0.1, 0.15) is 53.4 Å². The fourth-order valence-corrected chi connectivity index (χ4v) is 7.67. The molecule has 0 aliphatic heterocycles. The summed E-state index contributed by atoms with van der Waals surface area (Å²) in [5.41, 5.74) is 4.72. The van der Waals surface area contributed by atoms with Crippen molar-refractivity contribution in [1.29, 1.82) is 0 Å². The maximum absolute atomic E-state index is 12.3. The summed E-state index contributed by atoms with van der Waals surface area (Å²) < 4.78 is 17.7. The Bertz CT molecular complexity index is 1020. The Hall–Kier alpha value is -2.67. The fraction of sp³-hybridized carbons (Fsp3) is 0.452. The van der Waals surface area contributed by atoms with Crippen LogP contribution >= 0.6 is 0 Å². The summed E-state index contributed by atoms with van der Waals surface area (Å²) in [7, 11) is -2.26. The molecule has 1 aliphatic rings. The third-order valence-electron chi connectivity index (χ3n) is 6.15. The van der Waals surface area contributed by atoms with Crippen LogP contribution in [0.5, 0.6) is 0 Å². The smallest absolute Gasteiger partial charge is 0.335 e. The number of allylic oxidation sites excluding steroid dienone is 2. The Labute approximate surface area is 224 Å². The summed E-state index contributed by atoms with van der Waals surface area (Å²) in [6.45, 7) is 10.6. The van der Waals surface area contributed by atoms with Crippen LogP contribution in [0.3, 0.4) is 0 Å². The highest BCUT2D eigenvalue weighted by molar-refractivity contribution is 6.66. The van der Waals surface area contributed by atoms with E-state index in [1.807, 2.05) is 33.8 Å². The molecule has 0 aromatic heterocycles. The Balaban J connectivity index is 1.34. The fourth-order valence-electron chi connectivity index (χ4n) is 4.60. The van der Waals surface area contributed by atoms with Crippen molar-refractivity contribution in [3.05, 3.63) is 78.4 Å². The molecule has 0 saturated carbocycles. The maximum Gasteiger partial charge on any atom is 0.335 e. The minimum atomic E-state index is -2.26. The molecule has 1 aliphatic carbocycles. The molecule has 0 heterocycles. The van der Waals surface area contributed by atoms with Crippen LogP contribution in [0.25, 0.3) is 11.1 Å². The van der Waals surface area contributed by atoms with Crippen LogP contribution in [0.15, 0.2) is 78.4 Å². The van der Waals surface area contributed by atoms with Crippen LogP contribution in [-0.2, 0) is 18.4 Å². The van der Waals surface area contributed by atoms with E-state index in [1.54, 1.807) is 0 Å². The minimum Gasteiger partial charge on any atom is -0.466 e. The summed E-state index contributed by atoms with van der Waals surface area (Å²) in [6, 6.07) is 20.0. The number of anilines is 1. The van der Waals surface area contributed by atoms with Crippen LogP contribution in [0.4, 0.5) is 5.69 Å². The first-order chi connectivity index (χ1) is 17.7. The van der Waals surface area contributed by atoms with Gasteiger partial charge >= 0.3 is 14.5 Å². The lowest BCUT2D eigenvalue weighted by atomic mass is 9.99. The van der Waals surface area contributed by atoms with Gasteiger partial charge in [0.15, 0.2) is 0 Å². The lowest BCUT2D eigenvalue weighted by molar-refractivity contribution is -0.143. The highest BCUT2D eigenvalue weighted by Gasteiger charge is 2.33. The quantitative estimate of drug-likeness (QED) is 0.157. The topological polar surface area (TPSA) is 56.8 Å². The highest BCUT2D eigenvalue weighted by atomic mass is 28.4. The second-order valence-corrected chi connectivity index (χ2v) is 13.6. The predicted octanol–water partition coefficient (Wildman–Crippen LogP) is 7.66. The van der Waals surface area contributed by atoms with Gasteiger partial charge in [-0.05, 0) is 82.8 Å². The molecule has 1 N–H and O–H groups in total. The van der Waals surface area contributed by atoms with E-state index in [2.05, 4.69) is 78.6 Å². The summed E-state index contributed by atoms with van der Waals surface area (Å²) in [6.07, 6.45) is 9.54. The van der Waals surface area contributed by atoms with Crippen molar-refractivity contribution in [2.75, 3.05) is 11.9 Å². The Morgan fingerprint density at radius 1 is 0.973 bits per heavy atom. The lowest BCUT2D eigenvalue weighted by Crippen LogP contribution is -2.43. The molecule has 200 valence electrons. The first-order valence-electron chi connectivity index (χ1n) is 13.5. The van der Waals surface area contributed by atoms with E-state index in [0.29, 0.717) is 19.4 Å². The number of carbonyl (C=O) groups is 1. The van der Waals surface area contributed by atoms with Crippen LogP contribution in [0.2, 0.25) is 12.6 Å². The zero-order valence-electron chi connectivity index (χ0n) is 23.0. The molecule has 3 rings (SSSR count). The van der Waals surface area contributed by atoms with E-state index >= 15 is 0 Å². The molecule has 0 saturated heterocycles. The Morgan fingerprint density at radius 2 is 1.62 bits per heavy atom. The molecule has 0 spiro atoms.